The number of sulfonamides is 1. The van der Waals surface area contributed by atoms with Crippen LogP contribution < -0.4 is 10.0 Å². The maximum atomic E-state index is 13.2. The van der Waals surface area contributed by atoms with Crippen molar-refractivity contribution in [3.05, 3.63) is 59.6 Å². The van der Waals surface area contributed by atoms with E-state index < -0.39 is 35.0 Å². The number of rotatable bonds is 10. The van der Waals surface area contributed by atoms with Crippen molar-refractivity contribution in [2.45, 2.75) is 49.0 Å². The number of fused-ring (bicyclic) bond motifs is 1. The molecule has 1 amide bonds. The van der Waals surface area contributed by atoms with E-state index >= 15 is 0 Å². The van der Waals surface area contributed by atoms with Crippen LogP contribution in [0.5, 0.6) is 0 Å². The summed E-state index contributed by atoms with van der Waals surface area (Å²) in [5.74, 6) is -1.13. The Hall–Kier alpha value is -2.31. The van der Waals surface area contributed by atoms with Crippen LogP contribution in [0.25, 0.3) is 10.2 Å². The summed E-state index contributed by atoms with van der Waals surface area (Å²) >= 11 is 1.33. The summed E-state index contributed by atoms with van der Waals surface area (Å²) in [6.07, 6.45) is 3.62. The molecule has 0 spiro atoms. The van der Waals surface area contributed by atoms with Crippen molar-refractivity contribution < 1.29 is 23.3 Å². The highest BCUT2D eigenvalue weighted by Crippen LogP contribution is 2.30. The minimum atomic E-state index is -4.02. The first-order valence-electron chi connectivity index (χ1n) is 10.9. The normalized spacial score (nSPS) is 16.2. The zero-order valence-electron chi connectivity index (χ0n) is 17.9. The predicted molar refractivity (Wildman–Crippen MR) is 128 cm³/mol. The van der Waals surface area contributed by atoms with Crippen LogP contribution >= 0.6 is 11.3 Å². The second-order valence-electron chi connectivity index (χ2n) is 8.41. The van der Waals surface area contributed by atoms with Gasteiger partial charge in [0.1, 0.15) is 6.04 Å². The van der Waals surface area contributed by atoms with Gasteiger partial charge in [0.25, 0.3) is 0 Å². The Morgan fingerprint density at radius 3 is 2.61 bits per heavy atom. The van der Waals surface area contributed by atoms with Gasteiger partial charge in [0.2, 0.25) is 15.9 Å². The van der Waals surface area contributed by atoms with E-state index in [1.54, 1.807) is 11.6 Å². The molecular weight excluding hydrogens is 461 g/mol. The van der Waals surface area contributed by atoms with Crippen LogP contribution in [-0.2, 0) is 21.2 Å². The average molecular weight is 487 g/mol. The molecule has 174 valence electrons. The number of hydrogen-bond acceptors (Lipinski definition) is 7. The molecule has 1 fully saturated rings. The summed E-state index contributed by atoms with van der Waals surface area (Å²) in [4.78, 5) is 17.4. The monoisotopic (exact) mass is 487 g/mol. The van der Waals surface area contributed by atoms with Crippen LogP contribution in [0.1, 0.15) is 31.2 Å². The lowest BCUT2D eigenvalue weighted by Crippen LogP contribution is -2.55. The molecule has 0 unspecified atom stereocenters. The molecule has 33 heavy (non-hydrogen) atoms. The van der Waals surface area contributed by atoms with E-state index in [2.05, 4.69) is 15.0 Å². The number of amides is 1. The van der Waals surface area contributed by atoms with Gasteiger partial charge in [0.05, 0.1) is 26.6 Å². The Kier molecular flexibility index (Phi) is 7.45. The quantitative estimate of drug-likeness (QED) is 0.323. The van der Waals surface area contributed by atoms with Gasteiger partial charge in [-0.15, -0.1) is 11.3 Å². The Bertz CT molecular complexity index is 1200. The largest absolute Gasteiger partial charge is 0.475 e. The van der Waals surface area contributed by atoms with E-state index in [1.165, 1.54) is 23.5 Å². The minimum absolute atomic E-state index is 0.0401. The molecule has 2 atom stereocenters. The van der Waals surface area contributed by atoms with Crippen LogP contribution in [-0.4, -0.2) is 48.5 Å². The summed E-state index contributed by atoms with van der Waals surface area (Å²) in [6, 6.07) is 12.6. The van der Waals surface area contributed by atoms with Crippen molar-refractivity contribution in [1.82, 2.24) is 15.0 Å². The lowest BCUT2D eigenvalue weighted by molar-refractivity contribution is -0.123. The zero-order valence-corrected chi connectivity index (χ0v) is 19.6. The fraction of sp³-hybridized carbons (Fsp3) is 0.364. The maximum Gasteiger partial charge on any atom is 0.475 e. The molecule has 11 heteroatoms. The number of carbonyl (C=O) groups excluding carboxylic acids is 1. The smallest absolute Gasteiger partial charge is 0.426 e. The Morgan fingerprint density at radius 1 is 1.18 bits per heavy atom. The predicted octanol–water partition coefficient (Wildman–Crippen LogP) is 1.87. The first-order chi connectivity index (χ1) is 15.8. The zero-order chi connectivity index (χ0) is 23.4. The Morgan fingerprint density at radius 2 is 1.94 bits per heavy atom. The SMILES string of the molecule is O=C(N[C@@H](CC1CCC1)B(O)O)[C@H](Cc1ccccc1)NS(=O)(=O)c1ccc2ncsc2c1. The van der Waals surface area contributed by atoms with E-state index in [4.69, 9.17) is 0 Å². The fourth-order valence-corrected chi connectivity index (χ4v) is 5.93. The van der Waals surface area contributed by atoms with Gasteiger partial charge in [0.15, 0.2) is 0 Å². The highest BCUT2D eigenvalue weighted by molar-refractivity contribution is 7.89. The number of nitrogens with one attached hydrogen (secondary N) is 2. The third-order valence-electron chi connectivity index (χ3n) is 6.01. The molecule has 1 saturated carbocycles. The second-order valence-corrected chi connectivity index (χ2v) is 11.0. The highest BCUT2D eigenvalue weighted by Gasteiger charge is 2.34. The van der Waals surface area contributed by atoms with Gasteiger partial charge in [-0.2, -0.15) is 4.72 Å². The van der Waals surface area contributed by atoms with Crippen LogP contribution in [0.15, 0.2) is 58.9 Å². The van der Waals surface area contributed by atoms with Crippen molar-refractivity contribution in [3.63, 3.8) is 0 Å². The number of aromatic nitrogens is 1. The molecule has 8 nitrogen and oxygen atoms in total. The summed E-state index contributed by atoms with van der Waals surface area (Å²) in [7, 11) is -5.75. The lowest BCUT2D eigenvalue weighted by atomic mass is 9.69. The van der Waals surface area contributed by atoms with Gasteiger partial charge in [0, 0.05) is 0 Å². The summed E-state index contributed by atoms with van der Waals surface area (Å²) in [5.41, 5.74) is 3.12. The minimum Gasteiger partial charge on any atom is -0.426 e. The number of benzene rings is 2. The standard InChI is InChI=1S/C22H26BN3O5S2/c27-22(25-21(23(28)29)12-16-7-4-8-16)19(11-15-5-2-1-3-6-15)26-33(30,31)17-9-10-18-20(13-17)32-14-24-18/h1-3,5-6,9-10,13-14,16,19,21,26,28-29H,4,7-8,11-12H2,(H,25,27)/t19-,21-/m0/s1. The van der Waals surface area contributed by atoms with Crippen molar-refractivity contribution in [1.29, 1.82) is 0 Å². The van der Waals surface area contributed by atoms with Gasteiger partial charge in [-0.25, -0.2) is 13.4 Å². The number of thiazole rings is 1. The maximum absolute atomic E-state index is 13.2. The van der Waals surface area contributed by atoms with Crippen molar-refractivity contribution in [3.8, 4) is 0 Å². The molecule has 0 saturated heterocycles. The fourth-order valence-electron chi connectivity index (χ4n) is 3.92. The van der Waals surface area contributed by atoms with Gasteiger partial charge in [-0.1, -0.05) is 49.6 Å². The second kappa shape index (κ2) is 10.3. The van der Waals surface area contributed by atoms with Crippen LogP contribution in [0.3, 0.4) is 0 Å². The molecule has 1 aromatic heterocycles. The summed E-state index contributed by atoms with van der Waals surface area (Å²) < 4.78 is 29.5. The Labute approximate surface area is 197 Å². The molecule has 4 N–H and O–H groups in total. The number of hydrogen-bond donors (Lipinski definition) is 4. The highest BCUT2D eigenvalue weighted by atomic mass is 32.2. The lowest BCUT2D eigenvalue weighted by Gasteiger charge is -2.30. The molecule has 3 aromatic rings. The molecule has 0 radical (unpaired) electrons. The molecule has 1 heterocycles. The third-order valence-corrected chi connectivity index (χ3v) is 8.27. The van der Waals surface area contributed by atoms with Gasteiger partial charge < -0.3 is 15.4 Å². The molecule has 4 rings (SSSR count). The Balaban J connectivity index is 1.55. The van der Waals surface area contributed by atoms with Crippen molar-refractivity contribution in [2.75, 3.05) is 0 Å². The molecule has 1 aliphatic rings. The summed E-state index contributed by atoms with van der Waals surface area (Å²) in [6.45, 7) is 0. The summed E-state index contributed by atoms with van der Waals surface area (Å²) in [5, 5.41) is 22.2. The number of carbonyl (C=O) groups is 1. The third kappa shape index (κ3) is 5.98. The van der Waals surface area contributed by atoms with Gasteiger partial charge in [-0.05, 0) is 42.5 Å². The van der Waals surface area contributed by atoms with Gasteiger partial charge >= 0.3 is 7.12 Å². The van der Waals surface area contributed by atoms with E-state index in [1.807, 2.05) is 30.3 Å². The van der Waals surface area contributed by atoms with Crippen LogP contribution in [0.4, 0.5) is 0 Å². The van der Waals surface area contributed by atoms with E-state index in [9.17, 15) is 23.3 Å². The van der Waals surface area contributed by atoms with Gasteiger partial charge in [-0.3, -0.25) is 4.79 Å². The van der Waals surface area contributed by atoms with Crippen molar-refractivity contribution >= 4 is 44.6 Å². The first-order valence-corrected chi connectivity index (χ1v) is 13.2. The van der Waals surface area contributed by atoms with E-state index in [0.717, 1.165) is 29.5 Å². The van der Waals surface area contributed by atoms with E-state index in [0.29, 0.717) is 17.9 Å². The molecule has 0 aliphatic heterocycles. The first kappa shape index (κ1) is 23.8. The average Bonchev–Trinajstić information content (AvgIpc) is 3.23. The molecule has 1 aliphatic carbocycles. The number of nitrogens with zero attached hydrogens (tertiary/aromatic N) is 1. The molecule has 0 bridgehead atoms. The molecule has 2 aromatic carbocycles. The van der Waals surface area contributed by atoms with Crippen molar-refractivity contribution in [2.24, 2.45) is 5.92 Å². The topological polar surface area (TPSA) is 129 Å². The van der Waals surface area contributed by atoms with Crippen LogP contribution in [0, 0.1) is 5.92 Å². The molecular formula is C22H26BN3O5S2. The van der Waals surface area contributed by atoms with Crippen LogP contribution in [0.2, 0.25) is 0 Å². The van der Waals surface area contributed by atoms with E-state index in [-0.39, 0.29) is 11.3 Å².